The topological polar surface area (TPSA) is 101 Å². The maximum Gasteiger partial charge on any atom is 0.355 e. The number of anilines is 1. The molecule has 146 valence electrons. The average molecular weight is 400 g/mol. The summed E-state index contributed by atoms with van der Waals surface area (Å²) in [6, 6.07) is 2.79. The summed E-state index contributed by atoms with van der Waals surface area (Å²) in [5.41, 5.74) is 0.164. The fourth-order valence-electron chi connectivity index (χ4n) is 2.50. The summed E-state index contributed by atoms with van der Waals surface area (Å²) in [5.74, 6) is -2.02. The molecule has 1 heterocycles. The lowest BCUT2D eigenvalue weighted by atomic mass is 10.1. The van der Waals surface area contributed by atoms with Crippen LogP contribution in [0.15, 0.2) is 23.4 Å². The Balaban J connectivity index is 2.71. The van der Waals surface area contributed by atoms with Crippen LogP contribution in [0.2, 0.25) is 5.02 Å². The first-order chi connectivity index (χ1) is 12.9. The summed E-state index contributed by atoms with van der Waals surface area (Å²) in [6.07, 6.45) is 0. The fourth-order valence-corrected chi connectivity index (χ4v) is 2.79. The number of methoxy groups -OCH3 is 4. The lowest BCUT2D eigenvalue weighted by Gasteiger charge is -2.32. The van der Waals surface area contributed by atoms with Crippen molar-refractivity contribution >= 4 is 35.2 Å². The maximum atomic E-state index is 12.4. The van der Waals surface area contributed by atoms with Gasteiger partial charge in [-0.05, 0) is 12.1 Å². The summed E-state index contributed by atoms with van der Waals surface area (Å²) in [4.78, 5) is 37.7. The van der Waals surface area contributed by atoms with Crippen LogP contribution in [0.25, 0.3) is 0 Å². The monoisotopic (exact) mass is 399 g/mol. The molecule has 0 N–H and O–H groups in total. The van der Waals surface area contributed by atoms with Gasteiger partial charge in [0.05, 0.1) is 51.9 Å². The van der Waals surface area contributed by atoms with Crippen LogP contribution in [-0.4, -0.2) is 59.7 Å². The van der Waals surface area contributed by atoms with E-state index in [4.69, 9.17) is 35.3 Å². The first kappa shape index (κ1) is 20.5. The second kappa shape index (κ2) is 8.74. The zero-order valence-electron chi connectivity index (χ0n) is 15.2. The summed E-state index contributed by atoms with van der Waals surface area (Å²) >= 11 is 6.37. The van der Waals surface area contributed by atoms with Gasteiger partial charge >= 0.3 is 17.9 Å². The zero-order valence-corrected chi connectivity index (χ0v) is 15.9. The van der Waals surface area contributed by atoms with Crippen molar-refractivity contribution in [3.8, 4) is 5.75 Å². The number of benzene rings is 1. The number of ether oxygens (including phenoxy) is 5. The van der Waals surface area contributed by atoms with E-state index in [1.54, 1.807) is 0 Å². The zero-order chi connectivity index (χ0) is 20.1. The molecule has 10 heteroatoms. The predicted octanol–water partition coefficient (Wildman–Crippen LogP) is 1.53. The number of esters is 3. The Morgan fingerprint density at radius 2 is 1.63 bits per heavy atom. The minimum Gasteiger partial charge on any atom is -0.495 e. The SMILES string of the molecule is COC(=O)C1=C(C(=O)OC)N(c2cc(C(=O)OC)cc(OC)c2Cl)COC1. The second-order valence-corrected chi connectivity index (χ2v) is 5.60. The van der Waals surface area contributed by atoms with Crippen LogP contribution in [-0.2, 0) is 28.5 Å². The minimum atomic E-state index is -0.794. The fraction of sp³-hybridized carbons (Fsp3) is 0.353. The van der Waals surface area contributed by atoms with Gasteiger partial charge in [-0.25, -0.2) is 14.4 Å². The van der Waals surface area contributed by atoms with Crippen molar-refractivity contribution in [3.05, 3.63) is 34.0 Å². The molecule has 0 amide bonds. The second-order valence-electron chi connectivity index (χ2n) is 5.22. The van der Waals surface area contributed by atoms with Gasteiger partial charge in [0.25, 0.3) is 0 Å². The standard InChI is InChI=1S/C17H18ClNO8/c1-23-12-6-9(15(20)24-2)5-11(13(12)18)19-8-27-7-10(16(21)25-3)14(19)17(22)26-4/h5-6H,7-8H2,1-4H3. The molecule has 2 rings (SSSR count). The third-order valence-corrected chi connectivity index (χ3v) is 4.16. The van der Waals surface area contributed by atoms with E-state index in [1.165, 1.54) is 45.5 Å². The summed E-state index contributed by atoms with van der Waals surface area (Å²) in [7, 11) is 4.94. The summed E-state index contributed by atoms with van der Waals surface area (Å²) in [5, 5.41) is 0.0984. The van der Waals surface area contributed by atoms with Crippen molar-refractivity contribution in [3.63, 3.8) is 0 Å². The molecule has 0 aromatic heterocycles. The Kier molecular flexibility index (Phi) is 6.65. The minimum absolute atomic E-state index is 0.0471. The van der Waals surface area contributed by atoms with E-state index in [0.29, 0.717) is 0 Å². The molecule has 0 bridgehead atoms. The van der Waals surface area contributed by atoms with Crippen molar-refractivity contribution in [1.29, 1.82) is 0 Å². The molecule has 0 saturated heterocycles. The highest BCUT2D eigenvalue weighted by molar-refractivity contribution is 6.35. The molecular formula is C17H18ClNO8. The van der Waals surface area contributed by atoms with Gasteiger partial charge < -0.3 is 28.6 Å². The van der Waals surface area contributed by atoms with Gasteiger partial charge in [0.1, 0.15) is 23.2 Å². The maximum absolute atomic E-state index is 12.4. The molecule has 0 fully saturated rings. The Labute approximate surface area is 160 Å². The highest BCUT2D eigenvalue weighted by Crippen LogP contribution is 2.39. The summed E-state index contributed by atoms with van der Waals surface area (Å²) < 4.78 is 24.8. The van der Waals surface area contributed by atoms with Gasteiger partial charge in [-0.3, -0.25) is 0 Å². The Hall–Kier alpha value is -2.78. The van der Waals surface area contributed by atoms with Gasteiger partial charge in [-0.1, -0.05) is 11.6 Å². The van der Waals surface area contributed by atoms with Crippen molar-refractivity contribution < 1.29 is 38.1 Å². The van der Waals surface area contributed by atoms with E-state index in [2.05, 4.69) is 0 Å². The molecule has 0 aliphatic carbocycles. The third-order valence-electron chi connectivity index (χ3n) is 3.78. The highest BCUT2D eigenvalue weighted by atomic mass is 35.5. The number of hydrogen-bond donors (Lipinski definition) is 0. The van der Waals surface area contributed by atoms with Crippen LogP contribution in [0.3, 0.4) is 0 Å². The molecule has 1 aromatic carbocycles. The molecule has 27 heavy (non-hydrogen) atoms. The number of hydrogen-bond acceptors (Lipinski definition) is 9. The molecule has 0 unspecified atom stereocenters. The van der Waals surface area contributed by atoms with E-state index in [9.17, 15) is 14.4 Å². The molecule has 9 nitrogen and oxygen atoms in total. The average Bonchev–Trinajstić information content (AvgIpc) is 2.71. The van der Waals surface area contributed by atoms with Gasteiger partial charge in [-0.2, -0.15) is 0 Å². The van der Waals surface area contributed by atoms with Gasteiger partial charge in [0.2, 0.25) is 0 Å². The molecule has 1 aromatic rings. The molecule has 0 radical (unpaired) electrons. The number of rotatable bonds is 5. The molecule has 1 aliphatic heterocycles. The number of carbonyl (C=O) groups is 3. The van der Waals surface area contributed by atoms with Gasteiger partial charge in [-0.15, -0.1) is 0 Å². The molecule has 0 saturated carbocycles. The smallest absolute Gasteiger partial charge is 0.355 e. The van der Waals surface area contributed by atoms with Crippen LogP contribution in [0.5, 0.6) is 5.75 Å². The quantitative estimate of drug-likeness (QED) is 0.538. The van der Waals surface area contributed by atoms with E-state index in [1.807, 2.05) is 0 Å². The number of nitrogens with zero attached hydrogens (tertiary/aromatic N) is 1. The van der Waals surface area contributed by atoms with Crippen LogP contribution in [0.4, 0.5) is 5.69 Å². The number of halogens is 1. The molecule has 0 spiro atoms. The third kappa shape index (κ3) is 3.99. The van der Waals surface area contributed by atoms with Crippen LogP contribution < -0.4 is 9.64 Å². The van der Waals surface area contributed by atoms with Crippen molar-refractivity contribution in [2.24, 2.45) is 0 Å². The lowest BCUT2D eigenvalue weighted by molar-refractivity contribution is -0.140. The Bertz CT molecular complexity index is 804. The Morgan fingerprint density at radius 3 is 2.19 bits per heavy atom. The first-order valence-electron chi connectivity index (χ1n) is 7.60. The van der Waals surface area contributed by atoms with Crippen molar-refractivity contribution in [2.45, 2.75) is 0 Å². The van der Waals surface area contributed by atoms with Gasteiger partial charge in [0.15, 0.2) is 0 Å². The van der Waals surface area contributed by atoms with E-state index in [0.717, 1.165) is 0 Å². The Morgan fingerprint density at radius 1 is 1.00 bits per heavy atom. The van der Waals surface area contributed by atoms with Crippen LogP contribution >= 0.6 is 11.6 Å². The van der Waals surface area contributed by atoms with E-state index in [-0.39, 0.29) is 46.6 Å². The van der Waals surface area contributed by atoms with E-state index < -0.39 is 17.9 Å². The largest absolute Gasteiger partial charge is 0.495 e. The van der Waals surface area contributed by atoms with Crippen LogP contribution in [0, 0.1) is 0 Å². The predicted molar refractivity (Wildman–Crippen MR) is 93.7 cm³/mol. The molecule has 0 atom stereocenters. The summed E-state index contributed by atoms with van der Waals surface area (Å²) in [6.45, 7) is -0.280. The van der Waals surface area contributed by atoms with Crippen molar-refractivity contribution in [1.82, 2.24) is 0 Å². The first-order valence-corrected chi connectivity index (χ1v) is 7.98. The highest BCUT2D eigenvalue weighted by Gasteiger charge is 2.34. The van der Waals surface area contributed by atoms with Gasteiger partial charge in [0, 0.05) is 0 Å². The van der Waals surface area contributed by atoms with E-state index >= 15 is 0 Å². The number of carbonyl (C=O) groups excluding carboxylic acids is 3. The molecular weight excluding hydrogens is 382 g/mol. The van der Waals surface area contributed by atoms with Crippen molar-refractivity contribution in [2.75, 3.05) is 46.7 Å². The molecule has 1 aliphatic rings. The van der Waals surface area contributed by atoms with Crippen LogP contribution in [0.1, 0.15) is 10.4 Å². The lowest BCUT2D eigenvalue weighted by Crippen LogP contribution is -2.39. The normalized spacial score (nSPS) is 13.9.